The van der Waals surface area contributed by atoms with Gasteiger partial charge >= 0.3 is 0 Å². The molecule has 2 N–H and O–H groups in total. The number of fused-ring (bicyclic) bond motifs is 1. The van der Waals surface area contributed by atoms with Crippen molar-refractivity contribution in [2.24, 2.45) is 0 Å². The lowest BCUT2D eigenvalue weighted by Crippen LogP contribution is -2.14. The summed E-state index contributed by atoms with van der Waals surface area (Å²) in [5.41, 5.74) is 2.78. The van der Waals surface area contributed by atoms with E-state index in [-0.39, 0.29) is 18.1 Å². The van der Waals surface area contributed by atoms with Gasteiger partial charge in [-0.2, -0.15) is 0 Å². The van der Waals surface area contributed by atoms with Gasteiger partial charge in [-0.25, -0.2) is 0 Å². The molecule has 23 heavy (non-hydrogen) atoms. The number of aromatic hydroxyl groups is 1. The van der Waals surface area contributed by atoms with Crippen LogP contribution in [0.4, 0.5) is 5.69 Å². The Labute approximate surface area is 133 Å². The van der Waals surface area contributed by atoms with Crippen molar-refractivity contribution < 1.29 is 19.1 Å². The summed E-state index contributed by atoms with van der Waals surface area (Å²) in [4.78, 5) is 12.2. The fourth-order valence-corrected chi connectivity index (χ4v) is 2.44. The standard InChI is InChI=1S/C18H17NO4/c1-11-3-6-15(16(20)7-11)19-18(21)8-12-10-23-17-9-13(22-2)4-5-14(12)17/h3-7,9-10,20H,8H2,1-2H3,(H,19,21). The van der Waals surface area contributed by atoms with Gasteiger partial charge in [-0.3, -0.25) is 4.79 Å². The summed E-state index contributed by atoms with van der Waals surface area (Å²) in [5, 5.41) is 13.4. The molecule has 0 fully saturated rings. The third-order valence-corrected chi connectivity index (χ3v) is 3.64. The highest BCUT2D eigenvalue weighted by molar-refractivity contribution is 5.96. The Bertz CT molecular complexity index is 867. The molecule has 0 saturated carbocycles. The second-order valence-electron chi connectivity index (χ2n) is 5.37. The average Bonchev–Trinajstić information content (AvgIpc) is 2.92. The molecule has 0 aliphatic rings. The van der Waals surface area contributed by atoms with Gasteiger partial charge in [0.2, 0.25) is 5.91 Å². The summed E-state index contributed by atoms with van der Waals surface area (Å²) >= 11 is 0. The van der Waals surface area contributed by atoms with Crippen LogP contribution in [0.25, 0.3) is 11.0 Å². The van der Waals surface area contributed by atoms with Crippen LogP contribution in [0.3, 0.4) is 0 Å². The first-order valence-corrected chi connectivity index (χ1v) is 7.20. The molecule has 0 spiro atoms. The van der Waals surface area contributed by atoms with Crippen LogP contribution in [-0.4, -0.2) is 18.1 Å². The number of ether oxygens (including phenoxy) is 1. The monoisotopic (exact) mass is 311 g/mol. The maximum absolute atomic E-state index is 12.2. The Morgan fingerprint density at radius 1 is 1.26 bits per heavy atom. The maximum Gasteiger partial charge on any atom is 0.229 e. The van der Waals surface area contributed by atoms with Crippen molar-refractivity contribution in [3.63, 3.8) is 0 Å². The van der Waals surface area contributed by atoms with Gasteiger partial charge in [-0.05, 0) is 36.8 Å². The molecule has 0 bridgehead atoms. The van der Waals surface area contributed by atoms with E-state index in [9.17, 15) is 9.90 Å². The lowest BCUT2D eigenvalue weighted by atomic mass is 10.1. The van der Waals surface area contributed by atoms with Crippen molar-refractivity contribution in [2.45, 2.75) is 13.3 Å². The number of benzene rings is 2. The number of phenolic OH excluding ortho intramolecular Hbond substituents is 1. The first-order chi connectivity index (χ1) is 11.1. The third-order valence-electron chi connectivity index (χ3n) is 3.64. The minimum Gasteiger partial charge on any atom is -0.506 e. The topological polar surface area (TPSA) is 71.7 Å². The van der Waals surface area contributed by atoms with Gasteiger partial charge in [0.15, 0.2) is 0 Å². The lowest BCUT2D eigenvalue weighted by Gasteiger charge is -2.07. The van der Waals surface area contributed by atoms with Crippen LogP contribution < -0.4 is 10.1 Å². The number of carbonyl (C=O) groups excluding carboxylic acids is 1. The van der Waals surface area contributed by atoms with Crippen LogP contribution in [-0.2, 0) is 11.2 Å². The van der Waals surface area contributed by atoms with E-state index in [0.717, 1.165) is 16.5 Å². The van der Waals surface area contributed by atoms with Crippen LogP contribution in [0.2, 0.25) is 0 Å². The van der Waals surface area contributed by atoms with Crippen LogP contribution in [0.1, 0.15) is 11.1 Å². The predicted octanol–water partition coefficient (Wildman–Crippen LogP) is 3.64. The molecule has 2 aromatic carbocycles. The molecule has 3 rings (SSSR count). The van der Waals surface area contributed by atoms with Gasteiger partial charge in [0.25, 0.3) is 0 Å². The van der Waals surface area contributed by atoms with Crippen molar-refractivity contribution in [1.82, 2.24) is 0 Å². The van der Waals surface area contributed by atoms with Gasteiger partial charge in [0.1, 0.15) is 17.1 Å². The van der Waals surface area contributed by atoms with Gasteiger partial charge in [-0.1, -0.05) is 6.07 Å². The van der Waals surface area contributed by atoms with Crippen molar-refractivity contribution in [2.75, 3.05) is 12.4 Å². The second kappa shape index (κ2) is 6.04. The number of rotatable bonds is 4. The van der Waals surface area contributed by atoms with E-state index in [2.05, 4.69) is 5.32 Å². The van der Waals surface area contributed by atoms with E-state index < -0.39 is 0 Å². The number of phenols is 1. The Hall–Kier alpha value is -2.95. The maximum atomic E-state index is 12.2. The summed E-state index contributed by atoms with van der Waals surface area (Å²) in [6.07, 6.45) is 1.73. The first kappa shape index (κ1) is 15.0. The number of furan rings is 1. The van der Waals surface area contributed by atoms with Crippen molar-refractivity contribution in [3.05, 3.63) is 53.8 Å². The fourth-order valence-electron chi connectivity index (χ4n) is 2.44. The first-order valence-electron chi connectivity index (χ1n) is 7.20. The Morgan fingerprint density at radius 2 is 2.09 bits per heavy atom. The largest absolute Gasteiger partial charge is 0.506 e. The zero-order chi connectivity index (χ0) is 16.4. The average molecular weight is 311 g/mol. The molecule has 1 amide bonds. The summed E-state index contributed by atoms with van der Waals surface area (Å²) in [6, 6.07) is 10.6. The number of carbonyl (C=O) groups is 1. The molecule has 1 heterocycles. The van der Waals surface area contributed by atoms with E-state index in [1.54, 1.807) is 31.6 Å². The number of aryl methyl sites for hydroxylation is 1. The van der Waals surface area contributed by atoms with Crippen LogP contribution in [0.15, 0.2) is 47.1 Å². The zero-order valence-electron chi connectivity index (χ0n) is 12.9. The molecule has 0 saturated heterocycles. The number of methoxy groups -OCH3 is 1. The summed E-state index contributed by atoms with van der Waals surface area (Å²) in [7, 11) is 1.59. The van der Waals surface area contributed by atoms with E-state index in [1.807, 2.05) is 25.1 Å². The van der Waals surface area contributed by atoms with Crippen molar-refractivity contribution >= 4 is 22.6 Å². The number of anilines is 1. The van der Waals surface area contributed by atoms with Gasteiger partial charge < -0.3 is 19.6 Å². The molecule has 5 heteroatoms. The molecular formula is C18H17NO4. The smallest absolute Gasteiger partial charge is 0.229 e. The minimum atomic E-state index is -0.220. The van der Waals surface area contributed by atoms with E-state index in [0.29, 0.717) is 17.0 Å². The summed E-state index contributed by atoms with van der Waals surface area (Å²) in [6.45, 7) is 1.87. The highest BCUT2D eigenvalue weighted by Crippen LogP contribution is 2.27. The predicted molar refractivity (Wildman–Crippen MR) is 87.9 cm³/mol. The van der Waals surface area contributed by atoms with Crippen LogP contribution in [0, 0.1) is 6.92 Å². The Kier molecular flexibility index (Phi) is 3.93. The minimum absolute atomic E-state index is 0.0557. The highest BCUT2D eigenvalue weighted by Gasteiger charge is 2.12. The number of hydrogen-bond donors (Lipinski definition) is 2. The molecule has 118 valence electrons. The Morgan fingerprint density at radius 3 is 2.83 bits per heavy atom. The number of nitrogens with one attached hydrogen (secondary N) is 1. The molecular weight excluding hydrogens is 294 g/mol. The third kappa shape index (κ3) is 3.13. The molecule has 0 radical (unpaired) electrons. The molecule has 0 aliphatic heterocycles. The SMILES string of the molecule is COc1ccc2c(CC(=O)Nc3ccc(C)cc3O)coc2c1. The van der Waals surface area contributed by atoms with E-state index in [4.69, 9.17) is 9.15 Å². The van der Waals surface area contributed by atoms with Gasteiger partial charge in [0.05, 0.1) is 25.5 Å². The van der Waals surface area contributed by atoms with Gasteiger partial charge in [-0.15, -0.1) is 0 Å². The summed E-state index contributed by atoms with van der Waals surface area (Å²) in [5.74, 6) is 0.537. The molecule has 5 nitrogen and oxygen atoms in total. The van der Waals surface area contributed by atoms with Crippen LogP contribution >= 0.6 is 0 Å². The van der Waals surface area contributed by atoms with Gasteiger partial charge in [0, 0.05) is 17.0 Å². The second-order valence-corrected chi connectivity index (χ2v) is 5.37. The molecule has 0 atom stereocenters. The zero-order valence-corrected chi connectivity index (χ0v) is 12.9. The number of amides is 1. The molecule has 0 unspecified atom stereocenters. The lowest BCUT2D eigenvalue weighted by molar-refractivity contribution is -0.115. The molecule has 3 aromatic rings. The highest BCUT2D eigenvalue weighted by atomic mass is 16.5. The molecule has 1 aromatic heterocycles. The normalized spacial score (nSPS) is 10.7. The van der Waals surface area contributed by atoms with Crippen molar-refractivity contribution in [3.8, 4) is 11.5 Å². The van der Waals surface area contributed by atoms with E-state index >= 15 is 0 Å². The quantitative estimate of drug-likeness (QED) is 0.722. The van der Waals surface area contributed by atoms with Crippen molar-refractivity contribution in [1.29, 1.82) is 0 Å². The van der Waals surface area contributed by atoms with E-state index in [1.165, 1.54) is 0 Å². The van der Waals surface area contributed by atoms with Crippen LogP contribution in [0.5, 0.6) is 11.5 Å². The fraction of sp³-hybridized carbons (Fsp3) is 0.167. The number of hydrogen-bond acceptors (Lipinski definition) is 4. The Balaban J connectivity index is 1.77. The summed E-state index contributed by atoms with van der Waals surface area (Å²) < 4.78 is 10.6. The molecule has 0 aliphatic carbocycles.